The Hall–Kier alpha value is -3.44. The van der Waals surface area contributed by atoms with Crippen molar-refractivity contribution in [3.05, 3.63) is 76.8 Å². The predicted octanol–water partition coefficient (Wildman–Crippen LogP) is 3.49. The third-order valence-electron chi connectivity index (χ3n) is 5.68. The minimum atomic E-state index is -0.854. The van der Waals surface area contributed by atoms with Crippen LogP contribution in [0.4, 0.5) is 5.69 Å². The number of benzene rings is 3. The monoisotopic (exact) mass is 462 g/mol. The number of anilines is 1. The van der Waals surface area contributed by atoms with Crippen molar-refractivity contribution in [3.63, 3.8) is 0 Å². The molecular weight excluding hydrogens is 440 g/mol. The maximum absolute atomic E-state index is 12.6. The van der Waals surface area contributed by atoms with Gasteiger partial charge in [-0.3, -0.25) is 14.5 Å². The number of halogens is 1. The van der Waals surface area contributed by atoms with Crippen LogP contribution in [-0.4, -0.2) is 49.6 Å². The largest absolute Gasteiger partial charge is 0.379 e. The highest BCUT2D eigenvalue weighted by Crippen LogP contribution is 2.29. The van der Waals surface area contributed by atoms with Crippen LogP contribution in [0.3, 0.4) is 0 Å². The summed E-state index contributed by atoms with van der Waals surface area (Å²) in [5, 5.41) is 17.1. The molecule has 1 aliphatic heterocycles. The molecule has 0 saturated carbocycles. The van der Waals surface area contributed by atoms with Gasteiger partial charge in [0.1, 0.15) is 6.07 Å². The minimum absolute atomic E-state index is 0.127. The van der Waals surface area contributed by atoms with Crippen molar-refractivity contribution in [2.24, 2.45) is 0 Å². The molecule has 7 nitrogen and oxygen atoms in total. The Labute approximate surface area is 196 Å². The second-order valence-electron chi connectivity index (χ2n) is 7.70. The maximum atomic E-state index is 12.6. The smallest absolute Gasteiger partial charge is 0.313 e. The van der Waals surface area contributed by atoms with Gasteiger partial charge in [0.15, 0.2) is 0 Å². The van der Waals surface area contributed by atoms with Crippen LogP contribution in [0.25, 0.3) is 10.8 Å². The van der Waals surface area contributed by atoms with Gasteiger partial charge < -0.3 is 15.4 Å². The van der Waals surface area contributed by atoms with E-state index in [4.69, 9.17) is 16.3 Å². The molecule has 1 saturated heterocycles. The van der Waals surface area contributed by atoms with Crippen LogP contribution < -0.4 is 10.6 Å². The van der Waals surface area contributed by atoms with Gasteiger partial charge in [-0.1, -0.05) is 54.1 Å². The molecule has 1 heterocycles. The standard InChI is InChI=1S/C25H23ClN4O3/c26-19-9-8-18(15-27)22(14-19)29-25(32)24(31)28-16-23(30-10-12-33-13-11-30)21-7-3-5-17-4-1-2-6-20(17)21/h1-9,14,23H,10-13,16H2,(H,28,31)(H,29,32)/t23-/m0/s1. The number of hydrogen-bond donors (Lipinski definition) is 2. The van der Waals surface area contributed by atoms with E-state index in [0.29, 0.717) is 18.2 Å². The average molecular weight is 463 g/mol. The van der Waals surface area contributed by atoms with E-state index in [2.05, 4.69) is 39.8 Å². The molecule has 2 N–H and O–H groups in total. The van der Waals surface area contributed by atoms with Crippen LogP contribution in [0.5, 0.6) is 0 Å². The minimum Gasteiger partial charge on any atom is -0.379 e. The molecule has 0 aromatic heterocycles. The van der Waals surface area contributed by atoms with E-state index in [1.807, 2.05) is 24.3 Å². The van der Waals surface area contributed by atoms with Gasteiger partial charge in [-0.15, -0.1) is 0 Å². The molecule has 2 amide bonds. The molecule has 168 valence electrons. The molecule has 1 atom stereocenters. The molecule has 4 rings (SSSR count). The van der Waals surface area contributed by atoms with Crippen molar-refractivity contribution in [1.29, 1.82) is 5.26 Å². The number of nitrogens with one attached hydrogen (secondary N) is 2. The highest BCUT2D eigenvalue weighted by atomic mass is 35.5. The van der Waals surface area contributed by atoms with E-state index in [1.54, 1.807) is 6.07 Å². The topological polar surface area (TPSA) is 94.5 Å². The van der Waals surface area contributed by atoms with Gasteiger partial charge in [0.05, 0.1) is 30.5 Å². The second-order valence-corrected chi connectivity index (χ2v) is 8.13. The molecule has 0 aliphatic carbocycles. The summed E-state index contributed by atoms with van der Waals surface area (Å²) < 4.78 is 5.50. The number of amides is 2. The zero-order valence-electron chi connectivity index (χ0n) is 17.9. The molecule has 1 fully saturated rings. The van der Waals surface area contributed by atoms with E-state index < -0.39 is 11.8 Å². The first-order valence-electron chi connectivity index (χ1n) is 10.6. The highest BCUT2D eigenvalue weighted by Gasteiger charge is 2.26. The lowest BCUT2D eigenvalue weighted by Crippen LogP contribution is -2.45. The van der Waals surface area contributed by atoms with Crippen molar-refractivity contribution in [1.82, 2.24) is 10.2 Å². The second kappa shape index (κ2) is 10.5. The number of carbonyl (C=O) groups excluding carboxylic acids is 2. The fourth-order valence-corrected chi connectivity index (χ4v) is 4.20. The van der Waals surface area contributed by atoms with Gasteiger partial charge >= 0.3 is 11.8 Å². The highest BCUT2D eigenvalue weighted by molar-refractivity contribution is 6.40. The van der Waals surface area contributed by atoms with E-state index in [1.165, 1.54) is 12.1 Å². The quantitative estimate of drug-likeness (QED) is 0.566. The summed E-state index contributed by atoms with van der Waals surface area (Å²) in [7, 11) is 0. The Balaban J connectivity index is 1.52. The zero-order chi connectivity index (χ0) is 23.2. The Morgan fingerprint density at radius 1 is 1.06 bits per heavy atom. The zero-order valence-corrected chi connectivity index (χ0v) is 18.6. The van der Waals surface area contributed by atoms with Gasteiger partial charge in [-0.2, -0.15) is 5.26 Å². The van der Waals surface area contributed by atoms with Gasteiger partial charge in [0, 0.05) is 24.7 Å². The molecule has 3 aromatic carbocycles. The summed E-state index contributed by atoms with van der Waals surface area (Å²) >= 11 is 5.96. The SMILES string of the molecule is N#Cc1ccc(Cl)cc1NC(=O)C(=O)NC[C@@H](c1cccc2ccccc12)N1CCOCC1. The van der Waals surface area contributed by atoms with Gasteiger partial charge in [0.25, 0.3) is 0 Å². The van der Waals surface area contributed by atoms with Gasteiger partial charge in [-0.25, -0.2) is 0 Å². The third-order valence-corrected chi connectivity index (χ3v) is 5.92. The van der Waals surface area contributed by atoms with Crippen molar-refractivity contribution in [2.45, 2.75) is 6.04 Å². The molecule has 0 bridgehead atoms. The van der Waals surface area contributed by atoms with Crippen LogP contribution >= 0.6 is 11.6 Å². The summed E-state index contributed by atoms with van der Waals surface area (Å²) in [6, 6.07) is 20.5. The number of fused-ring (bicyclic) bond motifs is 1. The summed E-state index contributed by atoms with van der Waals surface area (Å²) in [5.74, 6) is -1.63. The number of carbonyl (C=O) groups is 2. The summed E-state index contributed by atoms with van der Waals surface area (Å²) in [5.41, 5.74) is 1.50. The first-order chi connectivity index (χ1) is 16.1. The number of rotatable bonds is 5. The predicted molar refractivity (Wildman–Crippen MR) is 127 cm³/mol. The molecule has 0 unspecified atom stereocenters. The molecule has 3 aromatic rings. The number of morpholine rings is 1. The first kappa shape index (κ1) is 22.7. The number of ether oxygens (including phenoxy) is 1. The average Bonchev–Trinajstić information content (AvgIpc) is 2.85. The molecule has 8 heteroatoms. The normalized spacial score (nSPS) is 14.9. The van der Waals surface area contributed by atoms with E-state index in [0.717, 1.165) is 29.4 Å². The van der Waals surface area contributed by atoms with Crippen molar-refractivity contribution >= 4 is 39.9 Å². The molecular formula is C25H23ClN4O3. The summed E-state index contributed by atoms with van der Waals surface area (Å²) in [4.78, 5) is 27.4. The molecule has 0 spiro atoms. The summed E-state index contributed by atoms with van der Waals surface area (Å²) in [6.45, 7) is 2.93. The fraction of sp³-hybridized carbons (Fsp3) is 0.240. The number of hydrogen-bond acceptors (Lipinski definition) is 5. The Bertz CT molecular complexity index is 1210. The number of nitriles is 1. The lowest BCUT2D eigenvalue weighted by atomic mass is 9.97. The van der Waals surface area contributed by atoms with E-state index >= 15 is 0 Å². The number of nitrogens with zero attached hydrogens (tertiary/aromatic N) is 2. The van der Waals surface area contributed by atoms with Gasteiger partial charge in [-0.05, 0) is 34.5 Å². The van der Waals surface area contributed by atoms with E-state index in [9.17, 15) is 14.9 Å². The fourth-order valence-electron chi connectivity index (χ4n) is 4.03. The van der Waals surface area contributed by atoms with Crippen LogP contribution in [0.1, 0.15) is 17.2 Å². The van der Waals surface area contributed by atoms with Crippen molar-refractivity contribution < 1.29 is 14.3 Å². The van der Waals surface area contributed by atoms with Crippen molar-refractivity contribution in [2.75, 3.05) is 38.2 Å². The first-order valence-corrected chi connectivity index (χ1v) is 11.0. The Kier molecular flexibility index (Phi) is 7.20. The van der Waals surface area contributed by atoms with Gasteiger partial charge in [0.2, 0.25) is 0 Å². The lowest BCUT2D eigenvalue weighted by molar-refractivity contribution is -0.136. The molecule has 1 aliphatic rings. The molecule has 0 radical (unpaired) electrons. The lowest BCUT2D eigenvalue weighted by Gasteiger charge is -2.35. The van der Waals surface area contributed by atoms with Crippen LogP contribution in [0.2, 0.25) is 5.02 Å². The third kappa shape index (κ3) is 5.32. The Morgan fingerprint density at radius 2 is 1.82 bits per heavy atom. The van der Waals surface area contributed by atoms with E-state index in [-0.39, 0.29) is 23.8 Å². The van der Waals surface area contributed by atoms with Crippen LogP contribution in [0.15, 0.2) is 60.7 Å². The van der Waals surface area contributed by atoms with Crippen LogP contribution in [-0.2, 0) is 14.3 Å². The van der Waals surface area contributed by atoms with Crippen molar-refractivity contribution in [3.8, 4) is 6.07 Å². The Morgan fingerprint density at radius 3 is 2.61 bits per heavy atom. The maximum Gasteiger partial charge on any atom is 0.313 e. The van der Waals surface area contributed by atoms with Crippen LogP contribution in [0, 0.1) is 11.3 Å². The summed E-state index contributed by atoms with van der Waals surface area (Å²) in [6.07, 6.45) is 0. The molecule has 33 heavy (non-hydrogen) atoms.